The maximum Gasteiger partial charge on any atom is 0.225 e. The maximum absolute atomic E-state index is 12.6. The number of likely N-dealkylation sites (tertiary alicyclic amines) is 1. The van der Waals surface area contributed by atoms with Crippen molar-refractivity contribution >= 4 is 11.8 Å². The van der Waals surface area contributed by atoms with E-state index in [4.69, 9.17) is 0 Å². The van der Waals surface area contributed by atoms with Crippen molar-refractivity contribution in [3.63, 3.8) is 0 Å². The van der Waals surface area contributed by atoms with Gasteiger partial charge in [0.1, 0.15) is 12.7 Å². The van der Waals surface area contributed by atoms with Gasteiger partial charge in [-0.15, -0.1) is 0 Å². The summed E-state index contributed by atoms with van der Waals surface area (Å²) in [4.78, 5) is 30.5. The summed E-state index contributed by atoms with van der Waals surface area (Å²) in [7, 11) is 0. The number of amides is 2. The lowest BCUT2D eigenvalue weighted by molar-refractivity contribution is -0.135. The summed E-state index contributed by atoms with van der Waals surface area (Å²) in [6.45, 7) is 4.45. The van der Waals surface area contributed by atoms with Crippen molar-refractivity contribution in [3.8, 4) is 0 Å². The molecule has 7 heteroatoms. The van der Waals surface area contributed by atoms with E-state index in [0.717, 1.165) is 36.9 Å². The standard InChI is InChI=1S/C20H27N5O2/c1-2-5-19(26)24-9-4-8-18(13-24)20(27)22-11-16-6-3-7-17(10-16)12-25-15-21-14-23-25/h3,6-7,10,14-15,18H,2,4-5,8-9,11-13H2,1H3,(H,22,27). The van der Waals surface area contributed by atoms with Crippen LogP contribution in [0.15, 0.2) is 36.9 Å². The lowest BCUT2D eigenvalue weighted by Crippen LogP contribution is -2.45. The molecule has 1 N–H and O–H groups in total. The van der Waals surface area contributed by atoms with Crippen LogP contribution in [0.5, 0.6) is 0 Å². The zero-order valence-corrected chi connectivity index (χ0v) is 15.8. The molecule has 1 aromatic heterocycles. The van der Waals surface area contributed by atoms with Gasteiger partial charge in [0.15, 0.2) is 0 Å². The van der Waals surface area contributed by atoms with Crippen molar-refractivity contribution in [3.05, 3.63) is 48.0 Å². The topological polar surface area (TPSA) is 80.1 Å². The van der Waals surface area contributed by atoms with Crippen molar-refractivity contribution in [1.29, 1.82) is 0 Å². The minimum Gasteiger partial charge on any atom is -0.352 e. The fraction of sp³-hybridized carbons (Fsp3) is 0.500. The Morgan fingerprint density at radius 1 is 1.30 bits per heavy atom. The number of rotatable bonds is 7. The summed E-state index contributed by atoms with van der Waals surface area (Å²) in [6, 6.07) is 8.09. The quantitative estimate of drug-likeness (QED) is 0.809. The molecule has 3 rings (SSSR count). The highest BCUT2D eigenvalue weighted by molar-refractivity contribution is 5.81. The Kier molecular flexibility index (Phi) is 6.57. The SMILES string of the molecule is CCCC(=O)N1CCCC(C(=O)NCc2cccc(Cn3cncn3)c2)C1. The van der Waals surface area contributed by atoms with Gasteiger partial charge in [0, 0.05) is 26.1 Å². The highest BCUT2D eigenvalue weighted by Crippen LogP contribution is 2.18. The molecule has 1 unspecified atom stereocenters. The molecule has 0 saturated carbocycles. The number of carbonyl (C=O) groups excluding carboxylic acids is 2. The second-order valence-corrected chi connectivity index (χ2v) is 7.06. The Balaban J connectivity index is 1.52. The molecule has 1 saturated heterocycles. The molecule has 2 aromatic rings. The van der Waals surface area contributed by atoms with E-state index >= 15 is 0 Å². The van der Waals surface area contributed by atoms with Crippen LogP contribution in [0.2, 0.25) is 0 Å². The van der Waals surface area contributed by atoms with Crippen molar-refractivity contribution in [2.75, 3.05) is 13.1 Å². The van der Waals surface area contributed by atoms with Gasteiger partial charge < -0.3 is 10.2 Å². The van der Waals surface area contributed by atoms with Crippen LogP contribution in [0, 0.1) is 5.92 Å². The first-order chi connectivity index (χ1) is 13.2. The lowest BCUT2D eigenvalue weighted by Gasteiger charge is -2.32. The fourth-order valence-corrected chi connectivity index (χ4v) is 3.46. The molecule has 2 amide bonds. The van der Waals surface area contributed by atoms with Gasteiger partial charge in [-0.1, -0.05) is 31.2 Å². The Bertz CT molecular complexity index is 759. The van der Waals surface area contributed by atoms with Crippen molar-refractivity contribution in [1.82, 2.24) is 25.0 Å². The molecule has 1 aliphatic heterocycles. The third-order valence-electron chi connectivity index (χ3n) is 4.88. The predicted molar refractivity (Wildman–Crippen MR) is 102 cm³/mol. The van der Waals surface area contributed by atoms with Crippen LogP contribution in [0.3, 0.4) is 0 Å². The molecule has 1 aromatic carbocycles. The summed E-state index contributed by atoms with van der Waals surface area (Å²) in [5, 5.41) is 7.15. The van der Waals surface area contributed by atoms with E-state index in [2.05, 4.69) is 21.5 Å². The highest BCUT2D eigenvalue weighted by Gasteiger charge is 2.27. The van der Waals surface area contributed by atoms with Gasteiger partial charge in [0.2, 0.25) is 11.8 Å². The third kappa shape index (κ3) is 5.39. The van der Waals surface area contributed by atoms with E-state index < -0.39 is 0 Å². The van der Waals surface area contributed by atoms with Gasteiger partial charge in [-0.2, -0.15) is 5.10 Å². The number of carbonyl (C=O) groups is 2. The molecule has 0 spiro atoms. The molecule has 1 fully saturated rings. The second kappa shape index (κ2) is 9.30. The summed E-state index contributed by atoms with van der Waals surface area (Å²) in [5.74, 6) is 0.0828. The fourth-order valence-electron chi connectivity index (χ4n) is 3.46. The van der Waals surface area contributed by atoms with Crippen LogP contribution >= 0.6 is 0 Å². The van der Waals surface area contributed by atoms with E-state index in [-0.39, 0.29) is 17.7 Å². The summed E-state index contributed by atoms with van der Waals surface area (Å²) < 4.78 is 1.77. The van der Waals surface area contributed by atoms with Gasteiger partial charge in [-0.3, -0.25) is 9.59 Å². The zero-order chi connectivity index (χ0) is 19.1. The van der Waals surface area contributed by atoms with Crippen LogP contribution < -0.4 is 5.32 Å². The predicted octanol–water partition coefficient (Wildman–Crippen LogP) is 1.98. The molecule has 0 aliphatic carbocycles. The number of piperidine rings is 1. The van der Waals surface area contributed by atoms with Gasteiger partial charge in [0.05, 0.1) is 12.5 Å². The minimum absolute atomic E-state index is 0.0330. The number of aromatic nitrogens is 3. The number of benzene rings is 1. The molecule has 1 atom stereocenters. The Morgan fingerprint density at radius 3 is 2.93 bits per heavy atom. The van der Waals surface area contributed by atoms with Crippen molar-refractivity contribution < 1.29 is 9.59 Å². The van der Waals surface area contributed by atoms with Gasteiger partial charge in [-0.25, -0.2) is 9.67 Å². The summed E-state index contributed by atoms with van der Waals surface area (Å²) in [6.07, 6.45) is 6.34. The first-order valence-corrected chi connectivity index (χ1v) is 9.61. The largest absolute Gasteiger partial charge is 0.352 e. The van der Waals surface area contributed by atoms with Crippen molar-refractivity contribution in [2.45, 2.75) is 45.7 Å². The Morgan fingerprint density at radius 2 is 2.15 bits per heavy atom. The van der Waals surface area contributed by atoms with Crippen LogP contribution in [0.1, 0.15) is 43.7 Å². The van der Waals surface area contributed by atoms with Crippen LogP contribution in [0.25, 0.3) is 0 Å². The number of nitrogens with one attached hydrogen (secondary N) is 1. The van der Waals surface area contributed by atoms with Crippen LogP contribution in [-0.2, 0) is 22.7 Å². The Labute approximate surface area is 159 Å². The average Bonchev–Trinajstić information content (AvgIpc) is 3.20. The molecule has 0 radical (unpaired) electrons. The average molecular weight is 369 g/mol. The first kappa shape index (κ1) is 19.1. The smallest absolute Gasteiger partial charge is 0.225 e. The van der Waals surface area contributed by atoms with E-state index in [1.165, 1.54) is 6.33 Å². The van der Waals surface area contributed by atoms with Crippen molar-refractivity contribution in [2.24, 2.45) is 5.92 Å². The van der Waals surface area contributed by atoms with E-state index in [1.54, 1.807) is 11.0 Å². The van der Waals surface area contributed by atoms with E-state index in [1.807, 2.05) is 30.0 Å². The Hall–Kier alpha value is -2.70. The van der Waals surface area contributed by atoms with Crippen LogP contribution in [0.4, 0.5) is 0 Å². The lowest BCUT2D eigenvalue weighted by atomic mass is 9.96. The van der Waals surface area contributed by atoms with E-state index in [9.17, 15) is 9.59 Å². The summed E-state index contributed by atoms with van der Waals surface area (Å²) >= 11 is 0. The molecule has 144 valence electrons. The molecular weight excluding hydrogens is 342 g/mol. The van der Waals surface area contributed by atoms with E-state index in [0.29, 0.717) is 26.1 Å². The number of hydrogen-bond donors (Lipinski definition) is 1. The molecule has 7 nitrogen and oxygen atoms in total. The summed E-state index contributed by atoms with van der Waals surface area (Å²) in [5.41, 5.74) is 2.16. The van der Waals surface area contributed by atoms with Gasteiger partial charge in [0.25, 0.3) is 0 Å². The number of nitrogens with zero attached hydrogens (tertiary/aromatic N) is 4. The zero-order valence-electron chi connectivity index (χ0n) is 15.8. The normalized spacial score (nSPS) is 16.9. The highest BCUT2D eigenvalue weighted by atomic mass is 16.2. The number of hydrogen-bond acceptors (Lipinski definition) is 4. The van der Waals surface area contributed by atoms with Crippen LogP contribution in [-0.4, -0.2) is 44.6 Å². The third-order valence-corrected chi connectivity index (χ3v) is 4.88. The first-order valence-electron chi connectivity index (χ1n) is 9.61. The maximum atomic E-state index is 12.6. The molecule has 0 bridgehead atoms. The molecule has 2 heterocycles. The molecule has 1 aliphatic rings. The minimum atomic E-state index is -0.113. The second-order valence-electron chi connectivity index (χ2n) is 7.06. The molecule has 27 heavy (non-hydrogen) atoms. The van der Waals surface area contributed by atoms with Gasteiger partial charge >= 0.3 is 0 Å². The van der Waals surface area contributed by atoms with Gasteiger partial charge in [-0.05, 0) is 30.4 Å². The monoisotopic (exact) mass is 369 g/mol. The molecular formula is C20H27N5O2.